The van der Waals surface area contributed by atoms with Gasteiger partial charge in [0.1, 0.15) is 6.61 Å². The molecule has 0 unspecified atom stereocenters. The van der Waals surface area contributed by atoms with Crippen molar-refractivity contribution in [3.8, 4) is 11.5 Å². The third kappa shape index (κ3) is 3.98. The molecule has 6 nitrogen and oxygen atoms in total. The number of amides is 2. The standard InChI is InChI=1S/C17H19NO5S/c1-4-9-23-15-12(6-5-7-13(15)22-3)11-14-16(19)18(8-10-21-2)17(20)24-14/h4-7,11H,1,8-10H2,2-3H3/b14-11-. The number of hydrogen-bond acceptors (Lipinski definition) is 6. The van der Waals surface area contributed by atoms with Crippen LogP contribution in [0.25, 0.3) is 6.08 Å². The van der Waals surface area contributed by atoms with Gasteiger partial charge in [-0.05, 0) is 23.9 Å². The largest absolute Gasteiger partial charge is 0.493 e. The molecule has 2 amide bonds. The van der Waals surface area contributed by atoms with Crippen LogP contribution in [0.4, 0.5) is 4.79 Å². The highest BCUT2D eigenvalue weighted by atomic mass is 32.2. The van der Waals surface area contributed by atoms with Crippen LogP contribution in [0, 0.1) is 0 Å². The van der Waals surface area contributed by atoms with E-state index in [-0.39, 0.29) is 17.7 Å². The van der Waals surface area contributed by atoms with Crippen molar-refractivity contribution < 1.29 is 23.8 Å². The van der Waals surface area contributed by atoms with Crippen LogP contribution in [0.3, 0.4) is 0 Å². The number of carbonyl (C=O) groups excluding carboxylic acids is 2. The number of hydrogen-bond donors (Lipinski definition) is 0. The van der Waals surface area contributed by atoms with Gasteiger partial charge in [-0.1, -0.05) is 24.8 Å². The Labute approximate surface area is 145 Å². The van der Waals surface area contributed by atoms with Crippen molar-refractivity contribution in [1.82, 2.24) is 4.90 Å². The summed E-state index contributed by atoms with van der Waals surface area (Å²) in [6.45, 7) is 4.46. The first kappa shape index (κ1) is 18.1. The van der Waals surface area contributed by atoms with Gasteiger partial charge in [0.2, 0.25) is 0 Å². The molecule has 0 N–H and O–H groups in total. The summed E-state index contributed by atoms with van der Waals surface area (Å²) in [6.07, 6.45) is 3.26. The number of carbonyl (C=O) groups is 2. The van der Waals surface area contributed by atoms with Crippen molar-refractivity contribution in [2.45, 2.75) is 0 Å². The van der Waals surface area contributed by atoms with Crippen LogP contribution in [0.1, 0.15) is 5.56 Å². The number of imide groups is 1. The van der Waals surface area contributed by atoms with Gasteiger partial charge in [0.05, 0.1) is 25.2 Å². The van der Waals surface area contributed by atoms with Crippen molar-refractivity contribution in [2.24, 2.45) is 0 Å². The second-order valence-corrected chi connectivity index (χ2v) is 5.80. The Morgan fingerprint density at radius 3 is 2.75 bits per heavy atom. The van der Waals surface area contributed by atoms with Crippen LogP contribution in [-0.4, -0.2) is 50.0 Å². The molecule has 1 fully saturated rings. The van der Waals surface area contributed by atoms with E-state index in [1.54, 1.807) is 37.5 Å². The van der Waals surface area contributed by atoms with Gasteiger partial charge in [0, 0.05) is 12.7 Å². The molecule has 128 valence electrons. The molecular weight excluding hydrogens is 330 g/mol. The molecule has 0 saturated carbocycles. The lowest BCUT2D eigenvalue weighted by Crippen LogP contribution is -2.31. The minimum atomic E-state index is -0.334. The van der Waals surface area contributed by atoms with E-state index in [0.29, 0.717) is 35.2 Å². The van der Waals surface area contributed by atoms with Crippen LogP contribution in [0.2, 0.25) is 0 Å². The van der Waals surface area contributed by atoms with Crippen LogP contribution >= 0.6 is 11.8 Å². The summed E-state index contributed by atoms with van der Waals surface area (Å²) >= 11 is 0.900. The Morgan fingerprint density at radius 1 is 1.29 bits per heavy atom. The first-order chi connectivity index (χ1) is 11.6. The molecule has 7 heteroatoms. The molecule has 0 spiro atoms. The fourth-order valence-electron chi connectivity index (χ4n) is 2.12. The van der Waals surface area contributed by atoms with Crippen LogP contribution in [0.15, 0.2) is 35.8 Å². The van der Waals surface area contributed by atoms with Crippen molar-refractivity contribution in [3.05, 3.63) is 41.3 Å². The zero-order valence-corrected chi connectivity index (χ0v) is 14.4. The van der Waals surface area contributed by atoms with E-state index in [2.05, 4.69) is 6.58 Å². The fraction of sp³-hybridized carbons (Fsp3) is 0.294. The van der Waals surface area contributed by atoms with Gasteiger partial charge >= 0.3 is 0 Å². The monoisotopic (exact) mass is 349 g/mol. The average Bonchev–Trinajstić information content (AvgIpc) is 2.85. The van der Waals surface area contributed by atoms with E-state index >= 15 is 0 Å². The Kier molecular flexibility index (Phi) is 6.45. The van der Waals surface area contributed by atoms with Gasteiger partial charge in [-0.3, -0.25) is 14.5 Å². The van der Waals surface area contributed by atoms with Gasteiger partial charge in [0.15, 0.2) is 11.5 Å². The summed E-state index contributed by atoms with van der Waals surface area (Å²) in [7, 11) is 3.06. The smallest absolute Gasteiger partial charge is 0.293 e. The summed E-state index contributed by atoms with van der Waals surface area (Å²) in [4.78, 5) is 25.9. The number of methoxy groups -OCH3 is 2. The van der Waals surface area contributed by atoms with Crippen molar-refractivity contribution >= 4 is 29.0 Å². The first-order valence-corrected chi connectivity index (χ1v) is 8.09. The zero-order valence-electron chi connectivity index (χ0n) is 13.6. The molecular formula is C17H19NO5S. The highest BCUT2D eigenvalue weighted by molar-refractivity contribution is 8.18. The normalized spacial score (nSPS) is 15.9. The summed E-state index contributed by atoms with van der Waals surface area (Å²) in [5, 5.41) is -0.306. The van der Waals surface area contributed by atoms with Crippen molar-refractivity contribution in [3.63, 3.8) is 0 Å². The van der Waals surface area contributed by atoms with Gasteiger partial charge in [-0.15, -0.1) is 0 Å². The summed E-state index contributed by atoms with van der Waals surface area (Å²) in [5.74, 6) is 0.715. The minimum Gasteiger partial charge on any atom is -0.493 e. The van der Waals surface area contributed by atoms with Gasteiger partial charge < -0.3 is 14.2 Å². The highest BCUT2D eigenvalue weighted by Crippen LogP contribution is 2.37. The second-order valence-electron chi connectivity index (χ2n) is 4.80. The molecule has 1 heterocycles. The maximum Gasteiger partial charge on any atom is 0.293 e. The SMILES string of the molecule is C=CCOc1c(/C=C2\SC(=O)N(CCOC)C2=O)cccc1OC. The maximum atomic E-state index is 12.4. The maximum absolute atomic E-state index is 12.4. The molecule has 24 heavy (non-hydrogen) atoms. The van der Waals surface area contributed by atoms with Gasteiger partial charge in [-0.2, -0.15) is 0 Å². The Morgan fingerprint density at radius 2 is 2.08 bits per heavy atom. The number of ether oxygens (including phenoxy) is 3. The highest BCUT2D eigenvalue weighted by Gasteiger charge is 2.34. The number of nitrogens with zero attached hydrogens (tertiary/aromatic N) is 1. The summed E-state index contributed by atoms with van der Waals surface area (Å²) in [6, 6.07) is 5.35. The molecule has 2 rings (SSSR count). The van der Waals surface area contributed by atoms with E-state index in [0.717, 1.165) is 11.8 Å². The summed E-state index contributed by atoms with van der Waals surface area (Å²) in [5.41, 5.74) is 0.661. The third-order valence-corrected chi connectivity index (χ3v) is 4.16. The van der Waals surface area contributed by atoms with Gasteiger partial charge in [-0.25, -0.2) is 0 Å². The second kappa shape index (κ2) is 8.56. The molecule has 1 aromatic carbocycles. The van der Waals surface area contributed by atoms with Gasteiger partial charge in [0.25, 0.3) is 11.1 Å². The zero-order chi connectivity index (χ0) is 17.5. The number of rotatable bonds is 8. The molecule has 0 radical (unpaired) electrons. The van der Waals surface area contributed by atoms with Crippen LogP contribution in [-0.2, 0) is 9.53 Å². The Bertz CT molecular complexity index is 671. The Balaban J connectivity index is 2.32. The van der Waals surface area contributed by atoms with E-state index in [1.165, 1.54) is 12.0 Å². The van der Waals surface area contributed by atoms with Crippen LogP contribution < -0.4 is 9.47 Å². The lowest BCUT2D eigenvalue weighted by Gasteiger charge is -2.12. The molecule has 0 aliphatic carbocycles. The molecule has 1 aliphatic rings. The first-order valence-electron chi connectivity index (χ1n) is 7.27. The van der Waals surface area contributed by atoms with Crippen molar-refractivity contribution in [1.29, 1.82) is 0 Å². The van der Waals surface area contributed by atoms with E-state index in [4.69, 9.17) is 14.2 Å². The number of para-hydroxylation sites is 1. The van der Waals surface area contributed by atoms with Crippen LogP contribution in [0.5, 0.6) is 11.5 Å². The predicted octanol–water partition coefficient (Wildman–Crippen LogP) is 2.94. The molecule has 1 saturated heterocycles. The molecule has 0 aromatic heterocycles. The topological polar surface area (TPSA) is 65.1 Å². The quantitative estimate of drug-likeness (QED) is 0.531. The molecule has 1 aromatic rings. The molecule has 1 aliphatic heterocycles. The fourth-order valence-corrected chi connectivity index (χ4v) is 2.98. The Hall–Kier alpha value is -2.25. The summed E-state index contributed by atoms with van der Waals surface area (Å²) < 4.78 is 15.9. The lowest BCUT2D eigenvalue weighted by molar-refractivity contribution is -0.123. The molecule has 0 atom stereocenters. The average molecular weight is 349 g/mol. The molecule has 0 bridgehead atoms. The predicted molar refractivity (Wildman–Crippen MR) is 93.2 cm³/mol. The number of benzene rings is 1. The third-order valence-electron chi connectivity index (χ3n) is 3.25. The lowest BCUT2D eigenvalue weighted by atomic mass is 10.1. The van der Waals surface area contributed by atoms with E-state index in [9.17, 15) is 9.59 Å². The van der Waals surface area contributed by atoms with E-state index in [1.807, 2.05) is 0 Å². The minimum absolute atomic E-state index is 0.233. The van der Waals surface area contributed by atoms with E-state index < -0.39 is 0 Å². The van der Waals surface area contributed by atoms with Crippen molar-refractivity contribution in [2.75, 3.05) is 34.0 Å². The number of thioether (sulfide) groups is 1.